The first kappa shape index (κ1) is 13.7. The van der Waals surface area contributed by atoms with E-state index >= 15 is 0 Å². The van der Waals surface area contributed by atoms with Gasteiger partial charge >= 0.3 is 7.25 Å². The molecule has 0 aromatic carbocycles. The summed E-state index contributed by atoms with van der Waals surface area (Å²) in [5, 5.41) is 0. The molecule has 0 bridgehead atoms. The normalized spacial score (nSPS) is 10.5. The second kappa shape index (κ2) is 5.58. The smallest absolute Gasteiger partial charge is 0.418 e. The topological polar surface area (TPSA) is 29.9 Å². The summed E-state index contributed by atoms with van der Waals surface area (Å²) in [5.74, 6) is 5.61. The van der Waals surface area contributed by atoms with E-state index < -0.39 is 7.25 Å². The van der Waals surface area contributed by atoms with Gasteiger partial charge in [0.05, 0.1) is 0 Å². The minimum atomic E-state index is -6.00. The van der Waals surface area contributed by atoms with Crippen LogP contribution in [0, 0.1) is 6.92 Å². The molecule has 0 saturated heterocycles. The van der Waals surface area contributed by atoms with Crippen LogP contribution in [0.2, 0.25) is 0 Å². The van der Waals surface area contributed by atoms with E-state index in [4.69, 9.17) is 5.84 Å². The van der Waals surface area contributed by atoms with Gasteiger partial charge in [-0.2, -0.15) is 0 Å². The lowest BCUT2D eigenvalue weighted by atomic mass is 10.2. The second-order valence-electron chi connectivity index (χ2n) is 2.93. The van der Waals surface area contributed by atoms with Gasteiger partial charge in [-0.3, -0.25) is 0 Å². The molecule has 0 unspecified atom stereocenters. The lowest BCUT2D eigenvalue weighted by Gasteiger charge is -1.94. The fraction of sp³-hybridized carbons (Fsp3) is 0.375. The van der Waals surface area contributed by atoms with Gasteiger partial charge in [-0.25, -0.2) is 5.84 Å². The van der Waals surface area contributed by atoms with Crippen molar-refractivity contribution >= 4 is 7.25 Å². The summed E-state index contributed by atoms with van der Waals surface area (Å²) in [7, 11) is -6.00. The molecule has 0 aliphatic rings. The summed E-state index contributed by atoms with van der Waals surface area (Å²) < 4.78 is 40.7. The van der Waals surface area contributed by atoms with Gasteiger partial charge < -0.3 is 17.3 Å². The zero-order chi connectivity index (χ0) is 12.1. The molecule has 0 amide bonds. The van der Waals surface area contributed by atoms with Crippen LogP contribution in [0.4, 0.5) is 17.3 Å². The Bertz CT molecular complexity index is 308. The quantitative estimate of drug-likeness (QED) is 0.335. The molecule has 0 aliphatic heterocycles. The number of hydrogen-bond donors (Lipinski definition) is 1. The number of pyridine rings is 1. The predicted molar refractivity (Wildman–Crippen MR) is 51.1 cm³/mol. The highest BCUT2D eigenvalue weighted by molar-refractivity contribution is 6.50. The summed E-state index contributed by atoms with van der Waals surface area (Å²) in [6.45, 7) is 4.10. The largest absolute Gasteiger partial charge is 0.673 e. The molecule has 1 aromatic heterocycles. The zero-order valence-electron chi connectivity index (χ0n) is 8.55. The standard InChI is InChI=1S/C8H13N2.BF4/c1-3-8-5-4-7(2)10(9)6-8;2-1(3,4)5/h4-6H,3,9H2,1-2H3;/q+1;-1. The lowest BCUT2D eigenvalue weighted by molar-refractivity contribution is -0.645. The SMILES string of the molecule is CCc1ccc(C)[n+](N)c1.F[B-](F)(F)F. The van der Waals surface area contributed by atoms with Gasteiger partial charge in [0.1, 0.15) is 0 Å². The molecule has 0 saturated carbocycles. The molecule has 2 nitrogen and oxygen atoms in total. The Morgan fingerprint density at radius 2 is 1.73 bits per heavy atom. The van der Waals surface area contributed by atoms with E-state index in [0.717, 1.165) is 12.1 Å². The Morgan fingerprint density at radius 3 is 2.07 bits per heavy atom. The number of nitrogens with two attached hydrogens (primary N) is 1. The Morgan fingerprint density at radius 1 is 1.27 bits per heavy atom. The van der Waals surface area contributed by atoms with Crippen molar-refractivity contribution in [3.05, 3.63) is 29.6 Å². The lowest BCUT2D eigenvalue weighted by Crippen LogP contribution is -2.47. The summed E-state index contributed by atoms with van der Waals surface area (Å²) in [5.41, 5.74) is 2.35. The molecule has 1 rings (SSSR count). The van der Waals surface area contributed by atoms with Gasteiger partial charge in [0, 0.05) is 18.6 Å². The van der Waals surface area contributed by atoms with Crippen molar-refractivity contribution in [1.82, 2.24) is 0 Å². The summed E-state index contributed by atoms with van der Waals surface area (Å²) >= 11 is 0. The molecular formula is C8H13BF4N2. The third kappa shape index (κ3) is 7.78. The molecule has 0 aliphatic carbocycles. The molecule has 7 heteroatoms. The molecule has 0 fully saturated rings. The Balaban J connectivity index is 0.000000336. The predicted octanol–water partition coefficient (Wildman–Crippen LogP) is 1.86. The van der Waals surface area contributed by atoms with E-state index in [0.29, 0.717) is 0 Å². The minimum Gasteiger partial charge on any atom is -0.418 e. The Hall–Kier alpha value is -1.27. The summed E-state index contributed by atoms with van der Waals surface area (Å²) in [4.78, 5) is 0. The zero-order valence-corrected chi connectivity index (χ0v) is 8.55. The highest BCUT2D eigenvalue weighted by Gasteiger charge is 2.20. The molecule has 15 heavy (non-hydrogen) atoms. The van der Waals surface area contributed by atoms with Crippen molar-refractivity contribution in [2.75, 3.05) is 5.84 Å². The third-order valence-corrected chi connectivity index (χ3v) is 1.66. The fourth-order valence-electron chi connectivity index (χ4n) is 0.846. The average molecular weight is 224 g/mol. The number of rotatable bonds is 1. The summed E-state index contributed by atoms with van der Waals surface area (Å²) in [6, 6.07) is 4.12. The number of hydrogen-bond acceptors (Lipinski definition) is 1. The van der Waals surface area contributed by atoms with E-state index in [1.807, 2.05) is 19.2 Å². The monoisotopic (exact) mass is 224 g/mol. The van der Waals surface area contributed by atoms with Gasteiger partial charge in [0.25, 0.3) is 0 Å². The van der Waals surface area contributed by atoms with Gasteiger partial charge in [0.15, 0.2) is 0 Å². The van der Waals surface area contributed by atoms with Crippen molar-refractivity contribution in [3.63, 3.8) is 0 Å². The molecule has 1 aromatic rings. The van der Waals surface area contributed by atoms with Gasteiger partial charge in [-0.15, -0.1) is 0 Å². The number of halogens is 4. The number of aromatic nitrogens is 1. The van der Waals surface area contributed by atoms with Crippen LogP contribution in [0.15, 0.2) is 18.3 Å². The fourth-order valence-corrected chi connectivity index (χ4v) is 0.846. The third-order valence-electron chi connectivity index (χ3n) is 1.66. The molecule has 1 heterocycles. The van der Waals surface area contributed by atoms with Crippen LogP contribution in [0.1, 0.15) is 18.2 Å². The molecule has 0 radical (unpaired) electrons. The molecule has 86 valence electrons. The van der Waals surface area contributed by atoms with Crippen molar-refractivity contribution in [1.29, 1.82) is 0 Å². The number of aryl methyl sites for hydroxylation is 2. The first-order valence-corrected chi connectivity index (χ1v) is 4.37. The van der Waals surface area contributed by atoms with E-state index in [2.05, 4.69) is 13.0 Å². The van der Waals surface area contributed by atoms with Crippen LogP contribution in [0.25, 0.3) is 0 Å². The van der Waals surface area contributed by atoms with Crippen molar-refractivity contribution < 1.29 is 21.9 Å². The van der Waals surface area contributed by atoms with Crippen LogP contribution in [0.5, 0.6) is 0 Å². The Labute approximate surface area is 85.8 Å². The van der Waals surface area contributed by atoms with Crippen LogP contribution in [-0.2, 0) is 6.42 Å². The van der Waals surface area contributed by atoms with Crippen LogP contribution in [0.3, 0.4) is 0 Å². The Kier molecular flexibility index (Phi) is 5.11. The second-order valence-corrected chi connectivity index (χ2v) is 2.93. The molecule has 0 spiro atoms. The van der Waals surface area contributed by atoms with E-state index in [1.165, 1.54) is 5.56 Å². The molecular weight excluding hydrogens is 211 g/mol. The molecule has 0 atom stereocenters. The summed E-state index contributed by atoms with van der Waals surface area (Å²) in [6.07, 6.45) is 2.99. The van der Waals surface area contributed by atoms with Crippen molar-refractivity contribution in [3.8, 4) is 0 Å². The molecule has 2 N–H and O–H groups in total. The van der Waals surface area contributed by atoms with Gasteiger partial charge in [-0.1, -0.05) is 11.6 Å². The highest BCUT2D eigenvalue weighted by Crippen LogP contribution is 2.06. The maximum absolute atomic E-state index is 9.75. The van der Waals surface area contributed by atoms with Crippen molar-refractivity contribution in [2.24, 2.45) is 0 Å². The maximum Gasteiger partial charge on any atom is 0.673 e. The van der Waals surface area contributed by atoms with Crippen LogP contribution < -0.4 is 10.5 Å². The van der Waals surface area contributed by atoms with E-state index in [-0.39, 0.29) is 0 Å². The van der Waals surface area contributed by atoms with E-state index in [1.54, 1.807) is 4.68 Å². The number of nitrogens with zero attached hydrogens (tertiary/aromatic N) is 1. The number of nitrogen functional groups attached to an aromatic ring is 1. The highest BCUT2D eigenvalue weighted by atomic mass is 19.5. The maximum atomic E-state index is 9.75. The van der Waals surface area contributed by atoms with Crippen molar-refractivity contribution in [2.45, 2.75) is 20.3 Å². The van der Waals surface area contributed by atoms with Crippen LogP contribution in [-0.4, -0.2) is 7.25 Å². The van der Waals surface area contributed by atoms with E-state index in [9.17, 15) is 17.3 Å². The first-order chi connectivity index (χ1) is 6.74. The average Bonchev–Trinajstić information content (AvgIpc) is 2.07. The minimum absolute atomic E-state index is 1.04. The van der Waals surface area contributed by atoms with Crippen LogP contribution >= 0.6 is 0 Å². The van der Waals surface area contributed by atoms with Gasteiger partial charge in [0.2, 0.25) is 11.9 Å². The first-order valence-electron chi connectivity index (χ1n) is 4.37. The van der Waals surface area contributed by atoms with Gasteiger partial charge in [-0.05, 0) is 12.5 Å².